The van der Waals surface area contributed by atoms with Gasteiger partial charge in [0.25, 0.3) is 5.91 Å². The Morgan fingerprint density at radius 2 is 1.79 bits per heavy atom. The van der Waals surface area contributed by atoms with Crippen molar-refractivity contribution >= 4 is 23.6 Å². The quantitative estimate of drug-likeness (QED) is 0.544. The summed E-state index contributed by atoms with van der Waals surface area (Å²) in [5, 5.41) is 15.3. The van der Waals surface area contributed by atoms with Crippen molar-refractivity contribution < 1.29 is 29.0 Å². The number of hydrogen-bond acceptors (Lipinski definition) is 6. The Hall–Kier alpha value is -3.75. The maximum absolute atomic E-state index is 13.5. The number of ether oxygens (including phenoxy) is 2. The van der Waals surface area contributed by atoms with E-state index in [2.05, 4.69) is 10.6 Å². The van der Waals surface area contributed by atoms with Gasteiger partial charge in [0.1, 0.15) is 29.7 Å². The average Bonchev–Trinajstić information content (AvgIpc) is 3.60. The number of rotatable bonds is 8. The van der Waals surface area contributed by atoms with E-state index in [9.17, 15) is 19.5 Å². The van der Waals surface area contributed by atoms with Crippen LogP contribution in [-0.2, 0) is 14.3 Å². The number of phenolic OH excluding ortho intramolecular Hbond substituents is 1. The molecule has 3 amide bonds. The van der Waals surface area contributed by atoms with Gasteiger partial charge in [-0.2, -0.15) is 0 Å². The first kappa shape index (κ1) is 24.9. The molecule has 9 heteroatoms. The summed E-state index contributed by atoms with van der Waals surface area (Å²) in [6, 6.07) is 11.9. The van der Waals surface area contributed by atoms with E-state index in [1.54, 1.807) is 64.3 Å². The molecule has 0 radical (unpaired) electrons. The lowest BCUT2D eigenvalue weighted by Crippen LogP contribution is -2.47. The molecule has 1 aliphatic carbocycles. The van der Waals surface area contributed by atoms with Gasteiger partial charge in [0.05, 0.1) is 7.11 Å². The van der Waals surface area contributed by atoms with Crippen molar-refractivity contribution in [3.05, 3.63) is 54.1 Å². The van der Waals surface area contributed by atoms with Crippen LogP contribution in [0.15, 0.2) is 48.5 Å². The first-order valence-corrected chi connectivity index (χ1v) is 11.1. The molecule has 0 spiro atoms. The molecule has 1 saturated carbocycles. The van der Waals surface area contributed by atoms with E-state index in [-0.39, 0.29) is 18.3 Å². The van der Waals surface area contributed by atoms with Gasteiger partial charge in [-0.1, -0.05) is 12.1 Å². The molecule has 0 saturated heterocycles. The molecule has 3 rings (SSSR count). The Labute approximate surface area is 199 Å². The fraction of sp³-hybridized carbons (Fsp3) is 0.400. The van der Waals surface area contributed by atoms with Gasteiger partial charge in [0.15, 0.2) is 0 Å². The summed E-state index contributed by atoms with van der Waals surface area (Å²) < 4.78 is 10.4. The summed E-state index contributed by atoms with van der Waals surface area (Å²) in [6.07, 6.45) is 0.764. The van der Waals surface area contributed by atoms with Crippen LogP contribution in [0.25, 0.3) is 0 Å². The van der Waals surface area contributed by atoms with Crippen LogP contribution in [0.1, 0.15) is 45.2 Å². The van der Waals surface area contributed by atoms with Crippen molar-refractivity contribution in [2.75, 3.05) is 19.0 Å². The largest absolute Gasteiger partial charge is 0.508 e. The molecule has 2 aromatic rings. The summed E-state index contributed by atoms with van der Waals surface area (Å²) in [5.41, 5.74) is 0.292. The molecule has 0 aliphatic heterocycles. The van der Waals surface area contributed by atoms with Crippen molar-refractivity contribution in [2.24, 2.45) is 0 Å². The van der Waals surface area contributed by atoms with E-state index in [4.69, 9.17) is 9.47 Å². The standard InChI is InChI=1S/C25H31N3O6/c1-25(2,3)34-24(32)26-15-21(30)28(18-10-11-18)22(16-6-5-7-19(29)14-16)23(31)27-17-8-12-20(33-4)13-9-17/h5-9,12-14,18,22,29H,10-11,15H2,1-4H3,(H,26,32)(H,27,31). The van der Waals surface area contributed by atoms with Crippen molar-refractivity contribution in [2.45, 2.75) is 51.3 Å². The lowest BCUT2D eigenvalue weighted by atomic mass is 10.0. The molecule has 34 heavy (non-hydrogen) atoms. The van der Waals surface area contributed by atoms with Gasteiger partial charge in [0.2, 0.25) is 5.91 Å². The molecule has 3 N–H and O–H groups in total. The van der Waals surface area contributed by atoms with E-state index in [0.29, 0.717) is 17.0 Å². The third-order valence-corrected chi connectivity index (χ3v) is 5.08. The Bertz CT molecular complexity index is 1030. The summed E-state index contributed by atoms with van der Waals surface area (Å²) in [7, 11) is 1.55. The Balaban J connectivity index is 1.84. The summed E-state index contributed by atoms with van der Waals surface area (Å²) in [6.45, 7) is 4.86. The van der Waals surface area contributed by atoms with Crippen molar-refractivity contribution in [1.82, 2.24) is 10.2 Å². The topological polar surface area (TPSA) is 117 Å². The number of alkyl carbamates (subject to hydrolysis) is 1. The Morgan fingerprint density at radius 3 is 2.35 bits per heavy atom. The van der Waals surface area contributed by atoms with Crippen molar-refractivity contribution in [1.29, 1.82) is 0 Å². The van der Waals surface area contributed by atoms with Gasteiger partial charge in [-0.3, -0.25) is 9.59 Å². The van der Waals surface area contributed by atoms with Crippen LogP contribution in [0.4, 0.5) is 10.5 Å². The lowest BCUT2D eigenvalue weighted by Gasteiger charge is -2.32. The summed E-state index contributed by atoms with van der Waals surface area (Å²) >= 11 is 0. The molecular formula is C25H31N3O6. The molecule has 9 nitrogen and oxygen atoms in total. The molecule has 0 aromatic heterocycles. The van der Waals surface area contributed by atoms with E-state index in [1.165, 1.54) is 17.0 Å². The first-order valence-electron chi connectivity index (χ1n) is 11.1. The number of methoxy groups -OCH3 is 1. The zero-order chi connectivity index (χ0) is 24.9. The third kappa shape index (κ3) is 6.87. The number of carbonyl (C=O) groups is 3. The fourth-order valence-electron chi connectivity index (χ4n) is 3.48. The van der Waals surface area contributed by atoms with Gasteiger partial charge in [-0.15, -0.1) is 0 Å². The molecule has 1 fully saturated rings. The zero-order valence-corrected chi connectivity index (χ0v) is 19.8. The van der Waals surface area contributed by atoms with E-state index in [1.807, 2.05) is 0 Å². The molecule has 1 aliphatic rings. The van der Waals surface area contributed by atoms with E-state index in [0.717, 1.165) is 12.8 Å². The second-order valence-corrected chi connectivity index (χ2v) is 9.10. The molecule has 1 atom stereocenters. The number of anilines is 1. The first-order chi connectivity index (χ1) is 16.1. The number of benzene rings is 2. The van der Waals surface area contributed by atoms with Gasteiger partial charge >= 0.3 is 6.09 Å². The van der Waals surface area contributed by atoms with Gasteiger partial charge in [0, 0.05) is 11.7 Å². The maximum atomic E-state index is 13.5. The molecule has 182 valence electrons. The van der Waals surface area contributed by atoms with Gasteiger partial charge in [-0.05, 0) is 75.6 Å². The van der Waals surface area contributed by atoms with Gasteiger partial charge in [-0.25, -0.2) is 4.79 Å². The summed E-state index contributed by atoms with van der Waals surface area (Å²) in [5.74, 6) is -0.236. The SMILES string of the molecule is COc1ccc(NC(=O)C(c2cccc(O)c2)N(C(=O)CNC(=O)OC(C)(C)C)C2CC2)cc1. The van der Waals surface area contributed by atoms with Crippen LogP contribution in [-0.4, -0.2) is 53.2 Å². The minimum absolute atomic E-state index is 0.0187. The molecular weight excluding hydrogens is 438 g/mol. The number of hydrogen-bond donors (Lipinski definition) is 3. The minimum Gasteiger partial charge on any atom is -0.508 e. The van der Waals surface area contributed by atoms with Gasteiger partial charge < -0.3 is 30.1 Å². The predicted molar refractivity (Wildman–Crippen MR) is 127 cm³/mol. The fourth-order valence-corrected chi connectivity index (χ4v) is 3.48. The molecule has 1 unspecified atom stereocenters. The normalized spacial score (nSPS) is 14.0. The number of carbonyl (C=O) groups excluding carboxylic acids is 3. The minimum atomic E-state index is -1.00. The van der Waals surface area contributed by atoms with Crippen molar-refractivity contribution in [3.63, 3.8) is 0 Å². The van der Waals surface area contributed by atoms with Crippen LogP contribution in [0.5, 0.6) is 11.5 Å². The zero-order valence-electron chi connectivity index (χ0n) is 19.8. The van der Waals surface area contributed by atoms with E-state index < -0.39 is 29.6 Å². The highest BCUT2D eigenvalue weighted by molar-refractivity contribution is 5.98. The average molecular weight is 470 g/mol. The predicted octanol–water partition coefficient (Wildman–Crippen LogP) is 3.60. The van der Waals surface area contributed by atoms with Crippen LogP contribution < -0.4 is 15.4 Å². The highest BCUT2D eigenvalue weighted by Gasteiger charge is 2.41. The van der Waals surface area contributed by atoms with Crippen LogP contribution in [0.2, 0.25) is 0 Å². The number of nitrogens with one attached hydrogen (secondary N) is 2. The number of aromatic hydroxyl groups is 1. The number of nitrogens with zero attached hydrogens (tertiary/aromatic N) is 1. The number of amides is 3. The van der Waals surface area contributed by atoms with Crippen LogP contribution in [0.3, 0.4) is 0 Å². The molecule has 0 bridgehead atoms. The Morgan fingerprint density at radius 1 is 1.12 bits per heavy atom. The third-order valence-electron chi connectivity index (χ3n) is 5.08. The highest BCUT2D eigenvalue weighted by Crippen LogP contribution is 2.36. The Kier molecular flexibility index (Phi) is 7.65. The van der Waals surface area contributed by atoms with Crippen molar-refractivity contribution in [3.8, 4) is 11.5 Å². The second-order valence-electron chi connectivity index (χ2n) is 9.10. The lowest BCUT2D eigenvalue weighted by molar-refractivity contribution is -0.139. The number of phenols is 1. The monoisotopic (exact) mass is 469 g/mol. The second kappa shape index (κ2) is 10.5. The van der Waals surface area contributed by atoms with E-state index >= 15 is 0 Å². The van der Waals surface area contributed by atoms with Crippen LogP contribution >= 0.6 is 0 Å². The maximum Gasteiger partial charge on any atom is 0.408 e. The summed E-state index contributed by atoms with van der Waals surface area (Å²) in [4.78, 5) is 40.2. The molecule has 2 aromatic carbocycles. The molecule has 0 heterocycles. The van der Waals surface area contributed by atoms with Crippen LogP contribution in [0, 0.1) is 0 Å². The smallest absolute Gasteiger partial charge is 0.408 e. The highest BCUT2D eigenvalue weighted by atomic mass is 16.6.